The number of anilines is 1. The Balaban J connectivity index is 0.00000243. The van der Waals surface area contributed by atoms with E-state index < -0.39 is 0 Å². The molecule has 0 unspecified atom stereocenters. The van der Waals surface area contributed by atoms with Crippen molar-refractivity contribution in [3.05, 3.63) is 58.7 Å². The zero-order chi connectivity index (χ0) is 17.5. The van der Waals surface area contributed by atoms with Crippen molar-refractivity contribution in [1.29, 1.82) is 0 Å². The minimum atomic E-state index is 0. The number of aliphatic imine (C=N–C) groups is 1. The maximum atomic E-state index is 6.02. The molecular formula is C19H25ClIN5. The highest BCUT2D eigenvalue weighted by molar-refractivity contribution is 14.0. The zero-order valence-corrected chi connectivity index (χ0v) is 18.0. The van der Waals surface area contributed by atoms with Gasteiger partial charge in [-0.05, 0) is 48.2 Å². The number of hydrogen-bond donors (Lipinski definition) is 2. The zero-order valence-electron chi connectivity index (χ0n) is 14.9. The third kappa shape index (κ3) is 6.02. The van der Waals surface area contributed by atoms with Gasteiger partial charge < -0.3 is 15.5 Å². The lowest BCUT2D eigenvalue weighted by molar-refractivity contribution is 0.807. The van der Waals surface area contributed by atoms with Gasteiger partial charge in [0.1, 0.15) is 5.82 Å². The average molecular weight is 486 g/mol. The molecule has 0 bridgehead atoms. The Morgan fingerprint density at radius 3 is 2.46 bits per heavy atom. The minimum absolute atomic E-state index is 0. The van der Waals surface area contributed by atoms with E-state index in [0.717, 1.165) is 35.5 Å². The first-order chi connectivity index (χ1) is 12.2. The van der Waals surface area contributed by atoms with Gasteiger partial charge >= 0.3 is 0 Å². The van der Waals surface area contributed by atoms with E-state index in [4.69, 9.17) is 11.6 Å². The maximum Gasteiger partial charge on any atom is 0.191 e. The SMILES string of the molecule is CN=C(NCc1cccc(Cl)c1)NCc1ccnc(N2CCCC2)c1.I. The summed E-state index contributed by atoms with van der Waals surface area (Å²) in [6.07, 6.45) is 4.39. The number of aromatic nitrogens is 1. The van der Waals surface area contributed by atoms with Crippen molar-refractivity contribution >= 4 is 47.4 Å². The van der Waals surface area contributed by atoms with E-state index in [2.05, 4.69) is 31.6 Å². The second-order valence-corrected chi connectivity index (χ2v) is 6.56. The van der Waals surface area contributed by atoms with E-state index >= 15 is 0 Å². The molecule has 1 fully saturated rings. The topological polar surface area (TPSA) is 52.6 Å². The molecule has 2 N–H and O–H groups in total. The van der Waals surface area contributed by atoms with Crippen LogP contribution in [0.5, 0.6) is 0 Å². The van der Waals surface area contributed by atoms with Gasteiger partial charge in [-0.15, -0.1) is 24.0 Å². The van der Waals surface area contributed by atoms with Crippen LogP contribution in [-0.2, 0) is 13.1 Å². The molecule has 140 valence electrons. The number of nitrogens with zero attached hydrogens (tertiary/aromatic N) is 3. The Labute approximate surface area is 177 Å². The molecule has 2 aromatic rings. The molecule has 2 heterocycles. The van der Waals surface area contributed by atoms with Crippen LogP contribution in [0.25, 0.3) is 0 Å². The van der Waals surface area contributed by atoms with E-state index in [1.165, 1.54) is 18.4 Å². The van der Waals surface area contributed by atoms with Crippen molar-refractivity contribution in [2.24, 2.45) is 4.99 Å². The highest BCUT2D eigenvalue weighted by Gasteiger charge is 2.13. The van der Waals surface area contributed by atoms with Gasteiger partial charge in [-0.2, -0.15) is 0 Å². The van der Waals surface area contributed by atoms with Crippen LogP contribution in [0, 0.1) is 0 Å². The number of guanidine groups is 1. The summed E-state index contributed by atoms with van der Waals surface area (Å²) >= 11 is 6.02. The first-order valence-corrected chi connectivity index (χ1v) is 9.01. The van der Waals surface area contributed by atoms with Crippen LogP contribution in [0.1, 0.15) is 24.0 Å². The van der Waals surface area contributed by atoms with Crippen molar-refractivity contribution in [2.45, 2.75) is 25.9 Å². The Kier molecular flexibility index (Phi) is 8.44. The molecule has 1 aliphatic heterocycles. The van der Waals surface area contributed by atoms with E-state index in [1.54, 1.807) is 7.05 Å². The van der Waals surface area contributed by atoms with Gasteiger partial charge in [0.2, 0.25) is 0 Å². The predicted octanol–water partition coefficient (Wildman–Crippen LogP) is 3.82. The Bertz CT molecular complexity index is 731. The Morgan fingerprint density at radius 1 is 1.12 bits per heavy atom. The molecule has 1 aromatic carbocycles. The maximum absolute atomic E-state index is 6.02. The summed E-state index contributed by atoms with van der Waals surface area (Å²) in [5, 5.41) is 7.40. The molecule has 0 saturated carbocycles. The number of benzene rings is 1. The fourth-order valence-electron chi connectivity index (χ4n) is 2.93. The van der Waals surface area contributed by atoms with Crippen molar-refractivity contribution in [2.75, 3.05) is 25.0 Å². The fourth-order valence-corrected chi connectivity index (χ4v) is 3.14. The monoisotopic (exact) mass is 485 g/mol. The average Bonchev–Trinajstić information content (AvgIpc) is 3.17. The summed E-state index contributed by atoms with van der Waals surface area (Å²) in [6, 6.07) is 12.0. The van der Waals surface area contributed by atoms with Crippen LogP contribution in [0.3, 0.4) is 0 Å². The number of hydrogen-bond acceptors (Lipinski definition) is 3. The predicted molar refractivity (Wildman–Crippen MR) is 120 cm³/mol. The molecule has 7 heteroatoms. The first-order valence-electron chi connectivity index (χ1n) is 8.63. The lowest BCUT2D eigenvalue weighted by atomic mass is 10.2. The highest BCUT2D eigenvalue weighted by Crippen LogP contribution is 2.18. The third-order valence-electron chi connectivity index (χ3n) is 4.27. The lowest BCUT2D eigenvalue weighted by Gasteiger charge is -2.17. The van der Waals surface area contributed by atoms with Gasteiger partial charge in [0.25, 0.3) is 0 Å². The van der Waals surface area contributed by atoms with Crippen molar-refractivity contribution < 1.29 is 0 Å². The van der Waals surface area contributed by atoms with Crippen LogP contribution in [-0.4, -0.2) is 31.1 Å². The van der Waals surface area contributed by atoms with E-state index in [-0.39, 0.29) is 24.0 Å². The molecule has 0 spiro atoms. The summed E-state index contributed by atoms with van der Waals surface area (Å²) in [5.74, 6) is 1.83. The standard InChI is InChI=1S/C19H24ClN5.HI/c1-21-19(23-13-15-5-4-6-17(20)11-15)24-14-16-7-8-22-18(12-16)25-9-2-3-10-25;/h4-8,11-12H,2-3,9-10,13-14H2,1H3,(H2,21,23,24);1H. The first kappa shape index (κ1) is 20.8. The lowest BCUT2D eigenvalue weighted by Crippen LogP contribution is -2.36. The van der Waals surface area contributed by atoms with Gasteiger partial charge in [-0.1, -0.05) is 23.7 Å². The Hall–Kier alpha value is -1.54. The third-order valence-corrected chi connectivity index (χ3v) is 4.51. The van der Waals surface area contributed by atoms with Crippen LogP contribution >= 0.6 is 35.6 Å². The number of pyridine rings is 1. The summed E-state index contributed by atoms with van der Waals surface area (Å²) in [5.41, 5.74) is 2.32. The van der Waals surface area contributed by atoms with Gasteiger partial charge in [0.05, 0.1) is 0 Å². The quantitative estimate of drug-likeness (QED) is 0.384. The van der Waals surface area contributed by atoms with Gasteiger partial charge in [-0.25, -0.2) is 4.98 Å². The van der Waals surface area contributed by atoms with Crippen molar-refractivity contribution in [3.63, 3.8) is 0 Å². The van der Waals surface area contributed by atoms with Gasteiger partial charge in [0.15, 0.2) is 5.96 Å². The molecule has 1 aromatic heterocycles. The van der Waals surface area contributed by atoms with Crippen molar-refractivity contribution in [1.82, 2.24) is 15.6 Å². The summed E-state index contributed by atoms with van der Waals surface area (Å²) in [6.45, 7) is 3.59. The molecular weight excluding hydrogens is 461 g/mol. The van der Waals surface area contributed by atoms with Gasteiger partial charge in [0, 0.05) is 44.4 Å². The van der Waals surface area contributed by atoms with Gasteiger partial charge in [-0.3, -0.25) is 4.99 Å². The normalized spacial score (nSPS) is 14.1. The van der Waals surface area contributed by atoms with Crippen molar-refractivity contribution in [3.8, 4) is 0 Å². The molecule has 1 saturated heterocycles. The molecule has 0 radical (unpaired) electrons. The molecule has 1 aliphatic rings. The second-order valence-electron chi connectivity index (χ2n) is 6.13. The van der Waals surface area contributed by atoms with E-state index in [1.807, 2.05) is 36.5 Å². The summed E-state index contributed by atoms with van der Waals surface area (Å²) < 4.78 is 0. The number of halogens is 2. The molecule has 0 atom stereocenters. The Morgan fingerprint density at radius 2 is 1.81 bits per heavy atom. The van der Waals surface area contributed by atoms with E-state index in [0.29, 0.717) is 13.1 Å². The number of rotatable bonds is 5. The molecule has 5 nitrogen and oxygen atoms in total. The molecule has 26 heavy (non-hydrogen) atoms. The number of nitrogens with one attached hydrogen (secondary N) is 2. The summed E-state index contributed by atoms with van der Waals surface area (Å²) in [4.78, 5) is 11.1. The largest absolute Gasteiger partial charge is 0.357 e. The second kappa shape index (κ2) is 10.6. The summed E-state index contributed by atoms with van der Waals surface area (Å²) in [7, 11) is 1.77. The molecule has 3 rings (SSSR count). The fraction of sp³-hybridized carbons (Fsp3) is 0.368. The smallest absolute Gasteiger partial charge is 0.191 e. The van der Waals surface area contributed by atoms with Crippen LogP contribution in [0.15, 0.2) is 47.6 Å². The highest BCUT2D eigenvalue weighted by atomic mass is 127. The molecule has 0 aliphatic carbocycles. The van der Waals surface area contributed by atoms with E-state index in [9.17, 15) is 0 Å². The van der Waals surface area contributed by atoms with Crippen LogP contribution in [0.4, 0.5) is 5.82 Å². The van der Waals surface area contributed by atoms with Crippen LogP contribution < -0.4 is 15.5 Å². The molecule has 0 amide bonds. The van der Waals surface area contributed by atoms with Crippen LogP contribution in [0.2, 0.25) is 5.02 Å². The minimum Gasteiger partial charge on any atom is -0.357 e.